The molecular formula is C12H13BrF3NO3S. The third-order valence-electron chi connectivity index (χ3n) is 2.99. The van der Waals surface area contributed by atoms with Crippen molar-refractivity contribution in [1.82, 2.24) is 0 Å². The lowest BCUT2D eigenvalue weighted by molar-refractivity contribution is -0.137. The molecule has 0 radical (unpaired) electrons. The number of rotatable bonds is 4. The fourth-order valence-electron chi connectivity index (χ4n) is 2.01. The molecule has 1 saturated heterocycles. The number of benzene rings is 1. The molecule has 0 aromatic heterocycles. The van der Waals surface area contributed by atoms with Gasteiger partial charge in [0, 0.05) is 11.1 Å². The van der Waals surface area contributed by atoms with E-state index in [1.807, 2.05) is 0 Å². The van der Waals surface area contributed by atoms with Gasteiger partial charge in [0.25, 0.3) is 0 Å². The molecule has 1 aliphatic heterocycles. The number of ether oxygens (including phenoxy) is 1. The van der Waals surface area contributed by atoms with Crippen molar-refractivity contribution in [2.24, 2.45) is 0 Å². The average molecular weight is 388 g/mol. The van der Waals surface area contributed by atoms with E-state index < -0.39 is 27.9 Å². The van der Waals surface area contributed by atoms with E-state index in [4.69, 9.17) is 4.74 Å². The molecule has 4 nitrogen and oxygen atoms in total. The monoisotopic (exact) mass is 387 g/mol. The van der Waals surface area contributed by atoms with Gasteiger partial charge in [-0.15, -0.1) is 0 Å². The minimum atomic E-state index is -4.53. The maximum absolute atomic E-state index is 12.6. The highest BCUT2D eigenvalue weighted by molar-refractivity contribution is 9.10. The van der Waals surface area contributed by atoms with E-state index in [0.29, 0.717) is 13.0 Å². The highest BCUT2D eigenvalue weighted by atomic mass is 79.9. The Balaban J connectivity index is 2.17. The molecule has 0 spiro atoms. The van der Waals surface area contributed by atoms with Gasteiger partial charge in [0.2, 0.25) is 10.0 Å². The smallest absolute Gasteiger partial charge is 0.377 e. The quantitative estimate of drug-likeness (QED) is 0.861. The summed E-state index contributed by atoms with van der Waals surface area (Å²) in [6, 6.07) is 2.80. The molecule has 0 bridgehead atoms. The van der Waals surface area contributed by atoms with Crippen LogP contribution in [-0.4, -0.2) is 26.9 Å². The van der Waals surface area contributed by atoms with Crippen LogP contribution in [0, 0.1) is 0 Å². The van der Waals surface area contributed by atoms with Crippen LogP contribution in [-0.2, 0) is 20.9 Å². The van der Waals surface area contributed by atoms with Crippen LogP contribution >= 0.6 is 15.9 Å². The van der Waals surface area contributed by atoms with Crippen molar-refractivity contribution >= 4 is 31.6 Å². The molecule has 1 aromatic rings. The molecule has 1 aromatic carbocycles. The number of alkyl halides is 3. The number of hydrogen-bond donors (Lipinski definition) is 1. The summed E-state index contributed by atoms with van der Waals surface area (Å²) in [4.78, 5) is 0. The van der Waals surface area contributed by atoms with Crippen LogP contribution in [0.1, 0.15) is 18.4 Å². The molecule has 21 heavy (non-hydrogen) atoms. The summed E-state index contributed by atoms with van der Waals surface area (Å²) in [7, 11) is -3.78. The molecule has 1 aliphatic rings. The lowest BCUT2D eigenvalue weighted by atomic mass is 10.2. The first-order valence-electron chi connectivity index (χ1n) is 6.16. The van der Waals surface area contributed by atoms with Gasteiger partial charge in [-0.2, -0.15) is 13.2 Å². The number of nitrogens with one attached hydrogen (secondary N) is 1. The molecule has 1 N–H and O–H groups in total. The number of hydrogen-bond acceptors (Lipinski definition) is 3. The number of sulfonamides is 1. The van der Waals surface area contributed by atoms with Gasteiger partial charge in [-0.1, -0.05) is 0 Å². The van der Waals surface area contributed by atoms with Gasteiger partial charge in [-0.05, 0) is 47.0 Å². The minimum absolute atomic E-state index is 0.136. The Morgan fingerprint density at radius 3 is 2.67 bits per heavy atom. The summed E-state index contributed by atoms with van der Waals surface area (Å²) < 4.78 is 69.5. The first-order valence-corrected chi connectivity index (χ1v) is 8.61. The fraction of sp³-hybridized carbons (Fsp3) is 0.500. The Morgan fingerprint density at radius 2 is 2.10 bits per heavy atom. The fourth-order valence-corrected chi connectivity index (χ4v) is 3.83. The lowest BCUT2D eigenvalue weighted by Gasteiger charge is -2.15. The van der Waals surface area contributed by atoms with Crippen LogP contribution in [0.5, 0.6) is 0 Å². The van der Waals surface area contributed by atoms with E-state index >= 15 is 0 Å². The van der Waals surface area contributed by atoms with Crippen molar-refractivity contribution in [2.75, 3.05) is 17.1 Å². The Hall–Kier alpha value is -0.800. The van der Waals surface area contributed by atoms with Crippen molar-refractivity contribution in [3.8, 4) is 0 Å². The van der Waals surface area contributed by atoms with Crippen LogP contribution in [0.25, 0.3) is 0 Å². The normalized spacial score (nSPS) is 19.7. The van der Waals surface area contributed by atoms with E-state index in [0.717, 1.165) is 24.6 Å². The minimum Gasteiger partial charge on any atom is -0.377 e. The van der Waals surface area contributed by atoms with Crippen LogP contribution in [0.15, 0.2) is 22.7 Å². The largest absolute Gasteiger partial charge is 0.416 e. The van der Waals surface area contributed by atoms with Gasteiger partial charge in [0.1, 0.15) is 0 Å². The van der Waals surface area contributed by atoms with Crippen molar-refractivity contribution in [3.05, 3.63) is 28.2 Å². The summed E-state index contributed by atoms with van der Waals surface area (Å²) in [5.41, 5.74) is -1.05. The maximum atomic E-state index is 12.6. The molecule has 2 rings (SSSR count). The van der Waals surface area contributed by atoms with Crippen molar-refractivity contribution in [1.29, 1.82) is 0 Å². The van der Waals surface area contributed by atoms with E-state index in [-0.39, 0.29) is 15.9 Å². The molecule has 118 valence electrons. The zero-order chi connectivity index (χ0) is 15.7. The Bertz CT molecular complexity index is 613. The van der Waals surface area contributed by atoms with Gasteiger partial charge in [-0.25, -0.2) is 8.42 Å². The number of halogens is 4. The molecule has 0 saturated carbocycles. The Morgan fingerprint density at radius 1 is 1.38 bits per heavy atom. The molecule has 0 aliphatic carbocycles. The van der Waals surface area contributed by atoms with Crippen molar-refractivity contribution in [2.45, 2.75) is 25.1 Å². The summed E-state index contributed by atoms with van der Waals surface area (Å²) in [6.07, 6.45) is -3.53. The SMILES string of the molecule is O=S(=O)(CC1CCCO1)Nc1cc(C(F)(F)F)ccc1Br. The second-order valence-electron chi connectivity index (χ2n) is 4.71. The summed E-state index contributed by atoms with van der Waals surface area (Å²) in [5.74, 6) is -0.268. The predicted molar refractivity (Wildman–Crippen MR) is 75.5 cm³/mol. The van der Waals surface area contributed by atoms with Gasteiger partial charge in [0.15, 0.2) is 0 Å². The molecule has 0 amide bonds. The summed E-state index contributed by atoms with van der Waals surface area (Å²) >= 11 is 3.04. The van der Waals surface area contributed by atoms with Gasteiger partial charge in [-0.3, -0.25) is 4.72 Å². The average Bonchev–Trinajstić information content (AvgIpc) is 2.82. The third-order valence-corrected chi connectivity index (χ3v) is 5.02. The summed E-state index contributed by atoms with van der Waals surface area (Å²) in [5, 5.41) is 0. The second-order valence-corrected chi connectivity index (χ2v) is 7.33. The first-order chi connectivity index (χ1) is 9.67. The molecule has 1 atom stereocenters. The Kier molecular flexibility index (Phi) is 4.84. The van der Waals surface area contributed by atoms with E-state index in [2.05, 4.69) is 20.7 Å². The molecule has 9 heteroatoms. The van der Waals surface area contributed by atoms with Crippen LogP contribution in [0.4, 0.5) is 18.9 Å². The maximum Gasteiger partial charge on any atom is 0.416 e. The zero-order valence-corrected chi connectivity index (χ0v) is 13.2. The second kappa shape index (κ2) is 6.13. The van der Waals surface area contributed by atoms with Crippen LogP contribution in [0.2, 0.25) is 0 Å². The summed E-state index contributed by atoms with van der Waals surface area (Å²) in [6.45, 7) is 0.507. The highest BCUT2D eigenvalue weighted by Gasteiger charge is 2.31. The van der Waals surface area contributed by atoms with Crippen LogP contribution in [0.3, 0.4) is 0 Å². The standard InChI is InChI=1S/C12H13BrF3NO3S/c13-10-4-3-8(12(14,15)16)6-11(10)17-21(18,19)7-9-2-1-5-20-9/h3-4,6,9,17H,1-2,5,7H2. The lowest BCUT2D eigenvalue weighted by Crippen LogP contribution is -2.26. The number of anilines is 1. The predicted octanol–water partition coefficient (Wildman–Crippen LogP) is 3.39. The topological polar surface area (TPSA) is 55.4 Å². The van der Waals surface area contributed by atoms with E-state index in [1.165, 1.54) is 0 Å². The molecule has 1 fully saturated rings. The molecule has 1 heterocycles. The van der Waals surface area contributed by atoms with Gasteiger partial charge >= 0.3 is 6.18 Å². The van der Waals surface area contributed by atoms with E-state index in [1.54, 1.807) is 0 Å². The third kappa shape index (κ3) is 4.58. The van der Waals surface area contributed by atoms with Gasteiger partial charge in [0.05, 0.1) is 23.1 Å². The van der Waals surface area contributed by atoms with Crippen molar-refractivity contribution in [3.63, 3.8) is 0 Å². The zero-order valence-electron chi connectivity index (χ0n) is 10.8. The van der Waals surface area contributed by atoms with Crippen LogP contribution < -0.4 is 4.72 Å². The van der Waals surface area contributed by atoms with E-state index in [9.17, 15) is 21.6 Å². The van der Waals surface area contributed by atoms with Crippen molar-refractivity contribution < 1.29 is 26.3 Å². The molecular weight excluding hydrogens is 375 g/mol. The molecule has 1 unspecified atom stereocenters. The highest BCUT2D eigenvalue weighted by Crippen LogP contribution is 2.34. The van der Waals surface area contributed by atoms with Gasteiger partial charge < -0.3 is 4.74 Å². The Labute approximate surface area is 128 Å². The first kappa shape index (κ1) is 16.6.